The van der Waals surface area contributed by atoms with Crippen molar-refractivity contribution in [2.24, 2.45) is 0 Å². The maximum absolute atomic E-state index is 12.5. The van der Waals surface area contributed by atoms with Crippen molar-refractivity contribution in [1.82, 2.24) is 5.32 Å². The highest BCUT2D eigenvalue weighted by Gasteiger charge is 2.30. The van der Waals surface area contributed by atoms with Crippen molar-refractivity contribution in [3.05, 3.63) is 65.2 Å². The molecule has 0 spiro atoms. The molecule has 1 unspecified atom stereocenters. The first-order valence-corrected chi connectivity index (χ1v) is 7.33. The van der Waals surface area contributed by atoms with Crippen LogP contribution in [0.3, 0.4) is 0 Å². The van der Waals surface area contributed by atoms with Crippen LogP contribution in [0.25, 0.3) is 0 Å². The molecule has 1 atom stereocenters. The fourth-order valence-corrected chi connectivity index (χ4v) is 2.71. The predicted molar refractivity (Wildman–Crippen MR) is 85.4 cm³/mol. The Morgan fingerprint density at radius 2 is 2.09 bits per heavy atom. The molecule has 1 aliphatic rings. The van der Waals surface area contributed by atoms with E-state index in [4.69, 9.17) is 5.26 Å². The lowest BCUT2D eigenvalue weighted by molar-refractivity contribution is -0.126. The Bertz CT molecular complexity index is 808. The normalized spacial score (nSPS) is 16.0. The number of anilines is 1. The van der Waals surface area contributed by atoms with Crippen LogP contribution >= 0.6 is 0 Å². The molecular formula is C18H15N3O2. The van der Waals surface area contributed by atoms with Gasteiger partial charge in [-0.2, -0.15) is 5.26 Å². The molecule has 3 rings (SSSR count). The van der Waals surface area contributed by atoms with Crippen LogP contribution in [0.5, 0.6) is 0 Å². The number of hydrogen-bond acceptors (Lipinski definition) is 3. The summed E-state index contributed by atoms with van der Waals surface area (Å²) in [5.74, 6) is -0.830. The number of nitrogens with one attached hydrogen (secondary N) is 2. The van der Waals surface area contributed by atoms with Crippen molar-refractivity contribution in [2.75, 3.05) is 5.32 Å². The van der Waals surface area contributed by atoms with Gasteiger partial charge in [0.25, 0.3) is 0 Å². The number of fused-ring (bicyclic) bond motifs is 1. The SMILES string of the molecule is N#Cc1cccc(CNC(=O)C2CC(=O)Nc3ccccc32)c1. The van der Waals surface area contributed by atoms with E-state index >= 15 is 0 Å². The van der Waals surface area contributed by atoms with E-state index in [1.54, 1.807) is 24.3 Å². The van der Waals surface area contributed by atoms with E-state index in [0.29, 0.717) is 17.8 Å². The molecule has 0 aliphatic carbocycles. The molecule has 2 aromatic rings. The van der Waals surface area contributed by atoms with Gasteiger partial charge in [-0.15, -0.1) is 0 Å². The molecule has 114 valence electrons. The third-order valence-corrected chi connectivity index (χ3v) is 3.84. The quantitative estimate of drug-likeness (QED) is 0.913. The summed E-state index contributed by atoms with van der Waals surface area (Å²) in [5.41, 5.74) is 2.93. The van der Waals surface area contributed by atoms with E-state index in [1.807, 2.05) is 24.3 Å². The van der Waals surface area contributed by atoms with Gasteiger partial charge in [0.15, 0.2) is 0 Å². The Balaban J connectivity index is 1.73. The van der Waals surface area contributed by atoms with Crippen LogP contribution in [-0.4, -0.2) is 11.8 Å². The molecule has 0 saturated carbocycles. The number of nitrogens with zero attached hydrogens (tertiary/aromatic N) is 1. The molecule has 5 nitrogen and oxygen atoms in total. The second kappa shape index (κ2) is 6.32. The van der Waals surface area contributed by atoms with Crippen LogP contribution in [0.2, 0.25) is 0 Å². The molecule has 0 saturated heterocycles. The third-order valence-electron chi connectivity index (χ3n) is 3.84. The predicted octanol–water partition coefficient (Wildman–Crippen LogP) is 2.30. The van der Waals surface area contributed by atoms with Gasteiger partial charge in [0.05, 0.1) is 17.6 Å². The van der Waals surface area contributed by atoms with Gasteiger partial charge in [0, 0.05) is 18.7 Å². The van der Waals surface area contributed by atoms with E-state index in [0.717, 1.165) is 11.1 Å². The van der Waals surface area contributed by atoms with Crippen molar-refractivity contribution in [1.29, 1.82) is 5.26 Å². The number of carbonyl (C=O) groups excluding carboxylic acids is 2. The lowest BCUT2D eigenvalue weighted by Crippen LogP contribution is -2.34. The molecule has 1 heterocycles. The molecular weight excluding hydrogens is 290 g/mol. The molecule has 0 fully saturated rings. The summed E-state index contributed by atoms with van der Waals surface area (Å²) >= 11 is 0. The van der Waals surface area contributed by atoms with Gasteiger partial charge in [-0.3, -0.25) is 9.59 Å². The summed E-state index contributed by atoms with van der Waals surface area (Å²) in [5, 5.41) is 14.5. The molecule has 0 radical (unpaired) electrons. The summed E-state index contributed by atoms with van der Waals surface area (Å²) in [7, 11) is 0. The zero-order chi connectivity index (χ0) is 16.2. The maximum Gasteiger partial charge on any atom is 0.228 e. The lowest BCUT2D eigenvalue weighted by Gasteiger charge is -2.24. The molecule has 2 amide bonds. The summed E-state index contributed by atoms with van der Waals surface area (Å²) in [6.07, 6.45) is 0.140. The Hall–Kier alpha value is -3.13. The fraction of sp³-hybridized carbons (Fsp3) is 0.167. The number of carbonyl (C=O) groups is 2. The maximum atomic E-state index is 12.5. The second-order valence-electron chi connectivity index (χ2n) is 5.42. The van der Waals surface area contributed by atoms with Gasteiger partial charge in [-0.25, -0.2) is 0 Å². The molecule has 5 heteroatoms. The minimum absolute atomic E-state index is 0.140. The molecule has 1 aliphatic heterocycles. The average molecular weight is 305 g/mol. The first-order chi connectivity index (χ1) is 11.2. The number of rotatable bonds is 3. The zero-order valence-corrected chi connectivity index (χ0v) is 12.4. The van der Waals surface area contributed by atoms with Crippen molar-refractivity contribution in [2.45, 2.75) is 18.9 Å². The van der Waals surface area contributed by atoms with Crippen LogP contribution in [-0.2, 0) is 16.1 Å². The molecule has 23 heavy (non-hydrogen) atoms. The first kappa shape index (κ1) is 14.8. The lowest BCUT2D eigenvalue weighted by atomic mass is 9.90. The van der Waals surface area contributed by atoms with Gasteiger partial charge < -0.3 is 10.6 Å². The van der Waals surface area contributed by atoms with Crippen LogP contribution in [0, 0.1) is 11.3 Å². The van der Waals surface area contributed by atoms with E-state index in [9.17, 15) is 9.59 Å². The van der Waals surface area contributed by atoms with Crippen LogP contribution in [0.4, 0.5) is 5.69 Å². The van der Waals surface area contributed by atoms with E-state index in [2.05, 4.69) is 16.7 Å². The van der Waals surface area contributed by atoms with Gasteiger partial charge in [-0.05, 0) is 29.3 Å². The fourth-order valence-electron chi connectivity index (χ4n) is 2.71. The summed E-state index contributed by atoms with van der Waals surface area (Å²) < 4.78 is 0. The highest BCUT2D eigenvalue weighted by molar-refractivity contribution is 6.01. The molecule has 0 aromatic heterocycles. The minimum atomic E-state index is -0.487. The molecule has 2 N–H and O–H groups in total. The van der Waals surface area contributed by atoms with Gasteiger partial charge in [-0.1, -0.05) is 30.3 Å². The Morgan fingerprint density at radius 3 is 2.91 bits per heavy atom. The van der Waals surface area contributed by atoms with Gasteiger partial charge in [0.1, 0.15) is 0 Å². The van der Waals surface area contributed by atoms with Crippen LogP contribution < -0.4 is 10.6 Å². The topological polar surface area (TPSA) is 82.0 Å². The minimum Gasteiger partial charge on any atom is -0.351 e. The highest BCUT2D eigenvalue weighted by atomic mass is 16.2. The van der Waals surface area contributed by atoms with Crippen molar-refractivity contribution < 1.29 is 9.59 Å². The van der Waals surface area contributed by atoms with Crippen LogP contribution in [0.1, 0.15) is 29.0 Å². The number of hydrogen-bond donors (Lipinski definition) is 2. The first-order valence-electron chi connectivity index (χ1n) is 7.33. The summed E-state index contributed by atoms with van der Waals surface area (Å²) in [6.45, 7) is 0.328. The molecule has 2 aromatic carbocycles. The van der Waals surface area contributed by atoms with Gasteiger partial charge in [0.2, 0.25) is 11.8 Å². The van der Waals surface area contributed by atoms with E-state index in [1.165, 1.54) is 0 Å². The number of amides is 2. The standard InChI is InChI=1S/C18H15N3O2/c19-10-12-4-3-5-13(8-12)11-20-18(23)15-9-17(22)21-16-7-2-1-6-14(15)16/h1-8,15H,9,11H2,(H,20,23)(H,21,22). The largest absolute Gasteiger partial charge is 0.351 e. The van der Waals surface area contributed by atoms with Crippen molar-refractivity contribution >= 4 is 17.5 Å². The Morgan fingerprint density at radius 1 is 1.26 bits per heavy atom. The van der Waals surface area contributed by atoms with Crippen LogP contribution in [0.15, 0.2) is 48.5 Å². The number of benzene rings is 2. The molecule has 0 bridgehead atoms. The number of para-hydroxylation sites is 1. The smallest absolute Gasteiger partial charge is 0.228 e. The Kier molecular flexibility index (Phi) is 4.07. The third kappa shape index (κ3) is 3.22. The van der Waals surface area contributed by atoms with E-state index < -0.39 is 5.92 Å². The van der Waals surface area contributed by atoms with Gasteiger partial charge >= 0.3 is 0 Å². The van der Waals surface area contributed by atoms with Crippen molar-refractivity contribution in [3.8, 4) is 6.07 Å². The Labute approximate surface area is 133 Å². The summed E-state index contributed by atoms with van der Waals surface area (Å²) in [6, 6.07) is 16.5. The summed E-state index contributed by atoms with van der Waals surface area (Å²) in [4.78, 5) is 24.2. The number of nitriles is 1. The zero-order valence-electron chi connectivity index (χ0n) is 12.4. The van der Waals surface area contributed by atoms with E-state index in [-0.39, 0.29) is 18.2 Å². The average Bonchev–Trinajstić information content (AvgIpc) is 2.59. The monoisotopic (exact) mass is 305 g/mol. The van der Waals surface area contributed by atoms with Crippen molar-refractivity contribution in [3.63, 3.8) is 0 Å². The highest BCUT2D eigenvalue weighted by Crippen LogP contribution is 2.32. The second-order valence-corrected chi connectivity index (χ2v) is 5.42.